The number of hydrogen-bond donors (Lipinski definition) is 0. The van der Waals surface area contributed by atoms with E-state index < -0.39 is 6.04 Å². The largest absolute Gasteiger partial charge is 0.424 e. The van der Waals surface area contributed by atoms with E-state index in [4.69, 9.17) is 4.74 Å². The molecule has 1 saturated heterocycles. The molecule has 1 fully saturated rings. The first kappa shape index (κ1) is 11.8. The van der Waals surface area contributed by atoms with Crippen molar-refractivity contribution in [1.29, 1.82) is 0 Å². The van der Waals surface area contributed by atoms with Crippen molar-refractivity contribution < 1.29 is 14.3 Å². The Kier molecular flexibility index (Phi) is 2.50. The van der Waals surface area contributed by atoms with Crippen LogP contribution in [0.1, 0.15) is 10.4 Å². The van der Waals surface area contributed by atoms with Gasteiger partial charge in [0, 0.05) is 5.75 Å². The van der Waals surface area contributed by atoms with Crippen LogP contribution in [-0.4, -0.2) is 34.4 Å². The van der Waals surface area contributed by atoms with Crippen LogP contribution in [0.4, 0.5) is 0 Å². The molecule has 0 bridgehead atoms. The predicted molar refractivity (Wildman–Crippen MR) is 76.9 cm³/mol. The fourth-order valence-corrected chi connectivity index (χ4v) is 3.85. The predicted octanol–water partition coefficient (Wildman–Crippen LogP) is 2.27. The fraction of sp³-hybridized carbons (Fsp3) is 0.200. The molecule has 1 atom stereocenters. The normalized spacial score (nSPS) is 21.4. The Labute approximate surface area is 119 Å². The molecule has 1 unspecified atom stereocenters. The summed E-state index contributed by atoms with van der Waals surface area (Å²) in [5.41, 5.74) is 0.501. The third-order valence-corrected chi connectivity index (χ3v) is 4.74. The molecule has 0 N–H and O–H groups in total. The summed E-state index contributed by atoms with van der Waals surface area (Å²) in [5, 5.41) is 1.81. The Morgan fingerprint density at radius 2 is 2.00 bits per heavy atom. The van der Waals surface area contributed by atoms with Gasteiger partial charge >= 0.3 is 5.97 Å². The van der Waals surface area contributed by atoms with Crippen molar-refractivity contribution in [2.24, 2.45) is 0 Å². The number of benzene rings is 2. The Balaban J connectivity index is 2.00. The van der Waals surface area contributed by atoms with Crippen LogP contribution >= 0.6 is 11.8 Å². The van der Waals surface area contributed by atoms with Crippen molar-refractivity contribution in [2.75, 3.05) is 11.6 Å². The first-order valence-electron chi connectivity index (χ1n) is 6.38. The molecule has 4 rings (SSSR count). The standard InChI is InChI=1S/C15H11NO3S/c17-14-13-10-4-2-1-3-9(10)5-6-12(13)19-15(18)11-7-20-8-16(11)14/h1-6,11H,7-8H2. The molecule has 0 aromatic heterocycles. The molecule has 2 heterocycles. The van der Waals surface area contributed by atoms with E-state index in [0.717, 1.165) is 10.8 Å². The summed E-state index contributed by atoms with van der Waals surface area (Å²) in [6, 6.07) is 10.8. The zero-order chi connectivity index (χ0) is 13.7. The SMILES string of the molecule is O=C1Oc2ccc3ccccc3c2C(=O)N2CSCC12. The minimum Gasteiger partial charge on any atom is -0.424 e. The monoisotopic (exact) mass is 285 g/mol. The lowest BCUT2D eigenvalue weighted by Crippen LogP contribution is -2.41. The number of nitrogens with zero attached hydrogens (tertiary/aromatic N) is 1. The molecular formula is C15H11NO3S. The van der Waals surface area contributed by atoms with E-state index in [1.165, 1.54) is 0 Å². The average molecular weight is 285 g/mol. The molecule has 5 heteroatoms. The maximum absolute atomic E-state index is 12.8. The third kappa shape index (κ3) is 1.56. The number of amides is 1. The second-order valence-electron chi connectivity index (χ2n) is 4.87. The maximum Gasteiger partial charge on any atom is 0.335 e. The van der Waals surface area contributed by atoms with Gasteiger partial charge in [0.05, 0.1) is 11.4 Å². The molecule has 0 saturated carbocycles. The molecule has 0 radical (unpaired) electrons. The molecular weight excluding hydrogens is 274 g/mol. The Morgan fingerprint density at radius 3 is 2.90 bits per heavy atom. The lowest BCUT2D eigenvalue weighted by Gasteiger charge is -2.18. The van der Waals surface area contributed by atoms with Crippen LogP contribution in [0.3, 0.4) is 0 Å². The molecule has 1 amide bonds. The van der Waals surface area contributed by atoms with Gasteiger partial charge in [0.1, 0.15) is 11.8 Å². The van der Waals surface area contributed by atoms with Crippen molar-refractivity contribution in [3.05, 3.63) is 42.0 Å². The lowest BCUT2D eigenvalue weighted by molar-refractivity contribution is -0.137. The van der Waals surface area contributed by atoms with Crippen LogP contribution in [0.15, 0.2) is 36.4 Å². The van der Waals surface area contributed by atoms with Crippen LogP contribution < -0.4 is 4.74 Å². The van der Waals surface area contributed by atoms with Crippen molar-refractivity contribution >= 4 is 34.4 Å². The number of ether oxygens (including phenoxy) is 1. The van der Waals surface area contributed by atoms with Crippen molar-refractivity contribution in [3.63, 3.8) is 0 Å². The highest BCUT2D eigenvalue weighted by atomic mass is 32.2. The highest BCUT2D eigenvalue weighted by Gasteiger charge is 2.41. The summed E-state index contributed by atoms with van der Waals surface area (Å²) in [4.78, 5) is 26.5. The summed E-state index contributed by atoms with van der Waals surface area (Å²) >= 11 is 1.58. The number of carbonyl (C=O) groups excluding carboxylic acids is 2. The second-order valence-corrected chi connectivity index (χ2v) is 5.87. The number of hydrogen-bond acceptors (Lipinski definition) is 4. The van der Waals surface area contributed by atoms with Crippen molar-refractivity contribution in [2.45, 2.75) is 6.04 Å². The Morgan fingerprint density at radius 1 is 1.15 bits per heavy atom. The lowest BCUT2D eigenvalue weighted by atomic mass is 10.0. The molecule has 100 valence electrons. The van der Waals surface area contributed by atoms with Gasteiger partial charge in [-0.3, -0.25) is 4.79 Å². The van der Waals surface area contributed by atoms with Crippen LogP contribution in [0.25, 0.3) is 10.8 Å². The molecule has 2 aromatic rings. The summed E-state index contributed by atoms with van der Waals surface area (Å²) in [6.45, 7) is 0. The van der Waals surface area contributed by atoms with Gasteiger partial charge in [-0.1, -0.05) is 30.3 Å². The molecule has 0 aliphatic carbocycles. The molecule has 0 spiro atoms. The topological polar surface area (TPSA) is 46.6 Å². The average Bonchev–Trinajstić information content (AvgIpc) is 2.92. The van der Waals surface area contributed by atoms with Gasteiger partial charge in [-0.2, -0.15) is 0 Å². The van der Waals surface area contributed by atoms with E-state index in [1.807, 2.05) is 30.3 Å². The number of esters is 1. The minimum atomic E-state index is -0.460. The first-order chi connectivity index (χ1) is 9.75. The Bertz CT molecular complexity index is 743. The third-order valence-electron chi connectivity index (χ3n) is 3.73. The Hall–Kier alpha value is -2.01. The van der Waals surface area contributed by atoms with E-state index in [0.29, 0.717) is 22.9 Å². The number of fused-ring (bicyclic) bond motifs is 4. The smallest absolute Gasteiger partial charge is 0.335 e. The fourth-order valence-electron chi connectivity index (χ4n) is 2.72. The van der Waals surface area contributed by atoms with Gasteiger partial charge in [0.15, 0.2) is 0 Å². The minimum absolute atomic E-state index is 0.113. The quantitative estimate of drug-likeness (QED) is 0.550. The van der Waals surface area contributed by atoms with Crippen molar-refractivity contribution in [3.8, 4) is 5.75 Å². The number of rotatable bonds is 0. The van der Waals surface area contributed by atoms with E-state index in [9.17, 15) is 9.59 Å². The van der Waals surface area contributed by atoms with Crippen molar-refractivity contribution in [1.82, 2.24) is 4.90 Å². The zero-order valence-electron chi connectivity index (χ0n) is 10.5. The van der Waals surface area contributed by atoms with Gasteiger partial charge in [0.2, 0.25) is 0 Å². The zero-order valence-corrected chi connectivity index (χ0v) is 11.4. The molecule has 4 nitrogen and oxygen atoms in total. The highest BCUT2D eigenvalue weighted by molar-refractivity contribution is 7.99. The second kappa shape index (κ2) is 4.24. The maximum atomic E-state index is 12.8. The molecule has 2 aliphatic rings. The van der Waals surface area contributed by atoms with Crippen LogP contribution in [-0.2, 0) is 4.79 Å². The number of thioether (sulfide) groups is 1. The first-order valence-corrected chi connectivity index (χ1v) is 7.53. The molecule has 20 heavy (non-hydrogen) atoms. The van der Waals surface area contributed by atoms with Gasteiger partial charge in [-0.05, 0) is 16.8 Å². The summed E-state index contributed by atoms with van der Waals surface area (Å²) in [6.07, 6.45) is 0. The van der Waals surface area contributed by atoms with Crippen LogP contribution in [0, 0.1) is 0 Å². The summed E-state index contributed by atoms with van der Waals surface area (Å²) < 4.78 is 5.43. The van der Waals surface area contributed by atoms with E-state index in [-0.39, 0.29) is 11.9 Å². The molecule has 2 aromatic carbocycles. The van der Waals surface area contributed by atoms with Gasteiger partial charge in [-0.25, -0.2) is 4.79 Å². The van der Waals surface area contributed by atoms with E-state index in [1.54, 1.807) is 22.7 Å². The highest BCUT2D eigenvalue weighted by Crippen LogP contribution is 2.35. The summed E-state index contributed by atoms with van der Waals surface area (Å²) in [5.74, 6) is 1.07. The summed E-state index contributed by atoms with van der Waals surface area (Å²) in [7, 11) is 0. The van der Waals surface area contributed by atoms with Crippen LogP contribution in [0.2, 0.25) is 0 Å². The number of carbonyl (C=O) groups is 2. The van der Waals surface area contributed by atoms with E-state index >= 15 is 0 Å². The van der Waals surface area contributed by atoms with Crippen LogP contribution in [0.5, 0.6) is 5.75 Å². The van der Waals surface area contributed by atoms with Gasteiger partial charge in [-0.15, -0.1) is 11.8 Å². The molecule has 2 aliphatic heterocycles. The van der Waals surface area contributed by atoms with E-state index in [2.05, 4.69) is 0 Å². The van der Waals surface area contributed by atoms with Gasteiger partial charge < -0.3 is 9.64 Å². The van der Waals surface area contributed by atoms with Gasteiger partial charge in [0.25, 0.3) is 5.91 Å².